The van der Waals surface area contributed by atoms with Crippen molar-refractivity contribution in [1.82, 2.24) is 5.32 Å². The molecule has 0 fully saturated rings. The van der Waals surface area contributed by atoms with Crippen molar-refractivity contribution < 1.29 is 4.39 Å². The van der Waals surface area contributed by atoms with E-state index in [0.29, 0.717) is 18.1 Å². The first-order chi connectivity index (χ1) is 10.5. The van der Waals surface area contributed by atoms with Gasteiger partial charge in [-0.1, -0.05) is 38.1 Å². The number of guanidine groups is 1. The standard InChI is InChI=1S/C17H22FN3S/c1-17(2,14-7-3-4-8-15(14)18)12-21-16(19)20-10-9-13-6-5-11-22-13/h3-8,11H,9-10,12H2,1-2H3,(H3,19,20,21). The predicted molar refractivity (Wildman–Crippen MR) is 91.9 cm³/mol. The lowest BCUT2D eigenvalue weighted by molar-refractivity contribution is 0.493. The second kappa shape index (κ2) is 7.40. The lowest BCUT2D eigenvalue weighted by Crippen LogP contribution is -2.35. The van der Waals surface area contributed by atoms with Crippen LogP contribution in [0.5, 0.6) is 0 Å². The van der Waals surface area contributed by atoms with Crippen LogP contribution in [0.15, 0.2) is 46.8 Å². The summed E-state index contributed by atoms with van der Waals surface area (Å²) in [6.07, 6.45) is 0.921. The number of hydrogen-bond donors (Lipinski definition) is 2. The monoisotopic (exact) mass is 319 g/mol. The summed E-state index contributed by atoms with van der Waals surface area (Å²) in [5.74, 6) is 0.202. The Hall–Kier alpha value is -1.88. The minimum absolute atomic E-state index is 0.202. The van der Waals surface area contributed by atoms with Crippen LogP contribution in [0.2, 0.25) is 0 Å². The first-order valence-electron chi connectivity index (χ1n) is 7.30. The summed E-state index contributed by atoms with van der Waals surface area (Å²) in [4.78, 5) is 5.66. The molecule has 0 radical (unpaired) electrons. The molecule has 0 saturated carbocycles. The molecular weight excluding hydrogens is 297 g/mol. The van der Waals surface area contributed by atoms with E-state index in [4.69, 9.17) is 5.73 Å². The molecule has 0 bridgehead atoms. The summed E-state index contributed by atoms with van der Waals surface area (Å²) < 4.78 is 13.9. The lowest BCUT2D eigenvalue weighted by Gasteiger charge is -2.23. The quantitative estimate of drug-likeness (QED) is 0.634. The largest absolute Gasteiger partial charge is 0.370 e. The number of benzene rings is 1. The maximum absolute atomic E-state index is 13.9. The third-order valence-corrected chi connectivity index (χ3v) is 4.44. The van der Waals surface area contributed by atoms with E-state index in [9.17, 15) is 4.39 Å². The van der Waals surface area contributed by atoms with Gasteiger partial charge in [-0.05, 0) is 29.5 Å². The fourth-order valence-electron chi connectivity index (χ4n) is 2.20. The molecule has 0 saturated heterocycles. The molecule has 3 N–H and O–H groups in total. The zero-order valence-electron chi connectivity index (χ0n) is 13.0. The van der Waals surface area contributed by atoms with Gasteiger partial charge in [-0.2, -0.15) is 0 Å². The smallest absolute Gasteiger partial charge is 0.188 e. The minimum atomic E-state index is -0.397. The number of aliphatic imine (C=N–C) groups is 1. The second-order valence-electron chi connectivity index (χ2n) is 5.82. The van der Waals surface area contributed by atoms with Gasteiger partial charge in [0.05, 0.1) is 6.54 Å². The maximum Gasteiger partial charge on any atom is 0.188 e. The van der Waals surface area contributed by atoms with Crippen LogP contribution in [0, 0.1) is 5.82 Å². The molecule has 1 aromatic carbocycles. The Balaban J connectivity index is 1.88. The minimum Gasteiger partial charge on any atom is -0.370 e. The normalized spacial score (nSPS) is 12.4. The zero-order chi connectivity index (χ0) is 16.0. The van der Waals surface area contributed by atoms with Crippen LogP contribution in [0.1, 0.15) is 24.3 Å². The Morgan fingerprint density at radius 2 is 2.05 bits per heavy atom. The van der Waals surface area contributed by atoms with Gasteiger partial charge in [0.2, 0.25) is 0 Å². The van der Waals surface area contributed by atoms with Gasteiger partial charge < -0.3 is 11.1 Å². The van der Waals surface area contributed by atoms with Gasteiger partial charge in [-0.25, -0.2) is 4.39 Å². The molecule has 0 amide bonds. The van der Waals surface area contributed by atoms with E-state index >= 15 is 0 Å². The molecule has 0 unspecified atom stereocenters. The van der Waals surface area contributed by atoms with Gasteiger partial charge in [-0.15, -0.1) is 11.3 Å². The van der Waals surface area contributed by atoms with E-state index in [2.05, 4.69) is 21.8 Å². The third kappa shape index (κ3) is 4.56. The van der Waals surface area contributed by atoms with Crippen LogP contribution in [-0.4, -0.2) is 19.0 Å². The lowest BCUT2D eigenvalue weighted by atomic mass is 9.84. The Morgan fingerprint density at radius 1 is 1.27 bits per heavy atom. The number of thiophene rings is 1. The number of nitrogens with zero attached hydrogens (tertiary/aromatic N) is 1. The van der Waals surface area contributed by atoms with E-state index < -0.39 is 5.41 Å². The van der Waals surface area contributed by atoms with Crippen molar-refractivity contribution in [2.45, 2.75) is 25.7 Å². The molecule has 22 heavy (non-hydrogen) atoms. The number of hydrogen-bond acceptors (Lipinski definition) is 2. The van der Waals surface area contributed by atoms with Gasteiger partial charge in [0.25, 0.3) is 0 Å². The van der Waals surface area contributed by atoms with E-state index in [1.807, 2.05) is 26.0 Å². The van der Waals surface area contributed by atoms with Crippen molar-refractivity contribution in [1.29, 1.82) is 0 Å². The van der Waals surface area contributed by atoms with Crippen LogP contribution in [0.25, 0.3) is 0 Å². The third-order valence-electron chi connectivity index (χ3n) is 3.51. The molecule has 118 valence electrons. The molecule has 1 heterocycles. The highest BCUT2D eigenvalue weighted by Gasteiger charge is 2.23. The molecule has 1 aromatic heterocycles. The first-order valence-corrected chi connectivity index (χ1v) is 8.18. The van der Waals surface area contributed by atoms with Gasteiger partial charge in [0, 0.05) is 16.8 Å². The molecular formula is C17H22FN3S. The number of halogens is 1. The van der Waals surface area contributed by atoms with Crippen molar-refractivity contribution in [3.63, 3.8) is 0 Å². The van der Waals surface area contributed by atoms with Crippen molar-refractivity contribution in [2.24, 2.45) is 10.7 Å². The molecule has 0 aliphatic heterocycles. The number of nitrogens with one attached hydrogen (secondary N) is 1. The van der Waals surface area contributed by atoms with Crippen LogP contribution in [0.3, 0.4) is 0 Å². The van der Waals surface area contributed by atoms with E-state index in [1.165, 1.54) is 10.9 Å². The summed E-state index contributed by atoms with van der Waals surface area (Å²) in [6.45, 7) is 5.11. The second-order valence-corrected chi connectivity index (χ2v) is 6.85. The summed E-state index contributed by atoms with van der Waals surface area (Å²) in [6, 6.07) is 10.9. The molecule has 2 aromatic rings. The highest BCUT2D eigenvalue weighted by atomic mass is 32.1. The van der Waals surface area contributed by atoms with Gasteiger partial charge in [-0.3, -0.25) is 4.99 Å². The summed E-state index contributed by atoms with van der Waals surface area (Å²) in [5.41, 5.74) is 6.15. The summed E-state index contributed by atoms with van der Waals surface area (Å²) >= 11 is 1.73. The fraction of sp³-hybridized carbons (Fsp3) is 0.353. The van der Waals surface area contributed by atoms with Crippen molar-refractivity contribution in [3.8, 4) is 0 Å². The molecule has 2 rings (SSSR count). The summed E-state index contributed by atoms with van der Waals surface area (Å²) in [5, 5.41) is 5.16. The molecule has 0 atom stereocenters. The van der Waals surface area contributed by atoms with Gasteiger partial charge in [0.1, 0.15) is 5.82 Å². The van der Waals surface area contributed by atoms with Gasteiger partial charge in [0.15, 0.2) is 5.96 Å². The van der Waals surface area contributed by atoms with E-state index in [0.717, 1.165) is 13.0 Å². The van der Waals surface area contributed by atoms with Crippen LogP contribution >= 0.6 is 11.3 Å². The number of rotatable bonds is 6. The summed E-state index contributed by atoms with van der Waals surface area (Å²) in [7, 11) is 0. The Bertz CT molecular complexity index is 621. The van der Waals surface area contributed by atoms with Crippen LogP contribution < -0.4 is 11.1 Å². The first kappa shape index (κ1) is 16.5. The zero-order valence-corrected chi connectivity index (χ0v) is 13.8. The van der Waals surface area contributed by atoms with Gasteiger partial charge >= 0.3 is 0 Å². The average molecular weight is 319 g/mol. The van der Waals surface area contributed by atoms with Crippen LogP contribution in [0.4, 0.5) is 4.39 Å². The molecule has 0 aliphatic rings. The molecule has 3 nitrogen and oxygen atoms in total. The molecule has 0 aliphatic carbocycles. The van der Waals surface area contributed by atoms with Crippen molar-refractivity contribution >= 4 is 17.3 Å². The SMILES string of the molecule is CC(C)(CN=C(N)NCCc1cccs1)c1ccccc1F. The molecule has 5 heteroatoms. The highest BCUT2D eigenvalue weighted by Crippen LogP contribution is 2.25. The van der Waals surface area contributed by atoms with E-state index in [-0.39, 0.29) is 5.82 Å². The predicted octanol–water partition coefficient (Wildman–Crippen LogP) is 3.31. The van der Waals surface area contributed by atoms with Crippen molar-refractivity contribution in [2.75, 3.05) is 13.1 Å². The topological polar surface area (TPSA) is 50.4 Å². The molecule has 0 spiro atoms. The number of nitrogens with two attached hydrogens (primary N) is 1. The average Bonchev–Trinajstić information content (AvgIpc) is 2.99. The Morgan fingerprint density at radius 3 is 2.73 bits per heavy atom. The Kier molecular flexibility index (Phi) is 5.55. The maximum atomic E-state index is 13.9. The van der Waals surface area contributed by atoms with Crippen LogP contribution in [-0.2, 0) is 11.8 Å². The highest BCUT2D eigenvalue weighted by molar-refractivity contribution is 7.09. The fourth-order valence-corrected chi connectivity index (χ4v) is 2.91. The Labute approximate surface area is 135 Å². The van der Waals surface area contributed by atoms with Crippen molar-refractivity contribution in [3.05, 3.63) is 58.0 Å². The van der Waals surface area contributed by atoms with E-state index in [1.54, 1.807) is 23.5 Å².